The van der Waals surface area contributed by atoms with Gasteiger partial charge in [-0.15, -0.1) is 0 Å². The maximum atomic E-state index is 5.85. The normalized spacial score (nSPS) is 13.8. The van der Waals surface area contributed by atoms with Gasteiger partial charge in [-0.3, -0.25) is 0 Å². The molecule has 0 aliphatic carbocycles. The molecular weight excluding hydrogens is 234 g/mol. The van der Waals surface area contributed by atoms with Crippen molar-refractivity contribution in [2.24, 2.45) is 5.73 Å². The van der Waals surface area contributed by atoms with Crippen molar-refractivity contribution in [2.45, 2.75) is 26.3 Å². The van der Waals surface area contributed by atoms with Crippen LogP contribution in [0.2, 0.25) is 0 Å². The SMILES string of the molecule is Cc1ccc(CN)c(-c2ccc3c(c2)CCCO3)c1. The molecule has 0 atom stereocenters. The Morgan fingerprint density at radius 1 is 1.16 bits per heavy atom. The number of rotatable bonds is 2. The van der Waals surface area contributed by atoms with E-state index in [0.29, 0.717) is 6.54 Å². The Kier molecular flexibility index (Phi) is 3.26. The highest BCUT2D eigenvalue weighted by atomic mass is 16.5. The van der Waals surface area contributed by atoms with Gasteiger partial charge in [-0.25, -0.2) is 0 Å². The molecule has 2 heteroatoms. The number of hydrogen-bond donors (Lipinski definition) is 1. The van der Waals surface area contributed by atoms with E-state index in [1.165, 1.54) is 27.8 Å². The molecule has 2 nitrogen and oxygen atoms in total. The first-order valence-electron chi connectivity index (χ1n) is 6.83. The molecule has 0 spiro atoms. The number of benzene rings is 2. The smallest absolute Gasteiger partial charge is 0.122 e. The van der Waals surface area contributed by atoms with Gasteiger partial charge >= 0.3 is 0 Å². The van der Waals surface area contributed by atoms with E-state index < -0.39 is 0 Å². The summed E-state index contributed by atoms with van der Waals surface area (Å²) in [6.07, 6.45) is 2.21. The Labute approximate surface area is 114 Å². The summed E-state index contributed by atoms with van der Waals surface area (Å²) < 4.78 is 5.67. The van der Waals surface area contributed by atoms with E-state index >= 15 is 0 Å². The minimum Gasteiger partial charge on any atom is -0.493 e. The first-order chi connectivity index (χ1) is 9.28. The lowest BCUT2D eigenvalue weighted by Gasteiger charge is -2.18. The predicted octanol–water partition coefficient (Wildman–Crippen LogP) is 3.45. The van der Waals surface area contributed by atoms with Crippen LogP contribution in [0.3, 0.4) is 0 Å². The summed E-state index contributed by atoms with van der Waals surface area (Å²) in [4.78, 5) is 0. The molecule has 1 aliphatic rings. The third kappa shape index (κ3) is 2.36. The van der Waals surface area contributed by atoms with Crippen LogP contribution in [0.25, 0.3) is 11.1 Å². The van der Waals surface area contributed by atoms with Crippen molar-refractivity contribution in [2.75, 3.05) is 6.61 Å². The van der Waals surface area contributed by atoms with Crippen molar-refractivity contribution < 1.29 is 4.74 Å². The molecule has 0 bridgehead atoms. The molecule has 0 unspecified atom stereocenters. The van der Waals surface area contributed by atoms with Gasteiger partial charge in [0.2, 0.25) is 0 Å². The second kappa shape index (κ2) is 5.06. The molecule has 0 saturated carbocycles. The monoisotopic (exact) mass is 253 g/mol. The van der Waals surface area contributed by atoms with E-state index in [2.05, 4.69) is 43.3 Å². The first-order valence-corrected chi connectivity index (χ1v) is 6.83. The van der Waals surface area contributed by atoms with Crippen LogP contribution < -0.4 is 10.5 Å². The fourth-order valence-electron chi connectivity index (χ4n) is 2.66. The van der Waals surface area contributed by atoms with Gasteiger partial charge in [0.1, 0.15) is 5.75 Å². The Bertz CT molecular complexity index is 604. The lowest BCUT2D eigenvalue weighted by molar-refractivity contribution is 0.288. The topological polar surface area (TPSA) is 35.2 Å². The molecular formula is C17H19NO. The number of fused-ring (bicyclic) bond motifs is 1. The van der Waals surface area contributed by atoms with Crippen molar-refractivity contribution in [3.8, 4) is 16.9 Å². The third-order valence-corrected chi connectivity index (χ3v) is 3.70. The van der Waals surface area contributed by atoms with Gasteiger partial charge < -0.3 is 10.5 Å². The molecule has 19 heavy (non-hydrogen) atoms. The zero-order chi connectivity index (χ0) is 13.2. The summed E-state index contributed by atoms with van der Waals surface area (Å²) in [5.74, 6) is 1.04. The second-order valence-electron chi connectivity index (χ2n) is 5.14. The van der Waals surface area contributed by atoms with Crippen LogP contribution >= 0.6 is 0 Å². The highest BCUT2D eigenvalue weighted by Crippen LogP contribution is 2.32. The molecule has 0 aromatic heterocycles. The van der Waals surface area contributed by atoms with E-state index in [-0.39, 0.29) is 0 Å². The van der Waals surface area contributed by atoms with E-state index in [4.69, 9.17) is 10.5 Å². The van der Waals surface area contributed by atoms with E-state index in [1.807, 2.05) is 0 Å². The zero-order valence-corrected chi connectivity index (χ0v) is 11.3. The van der Waals surface area contributed by atoms with Gasteiger partial charge in [-0.1, -0.05) is 29.8 Å². The summed E-state index contributed by atoms with van der Waals surface area (Å²) in [5.41, 5.74) is 12.1. The Morgan fingerprint density at radius 3 is 2.89 bits per heavy atom. The quantitative estimate of drug-likeness (QED) is 0.889. The van der Waals surface area contributed by atoms with Gasteiger partial charge in [-0.05, 0) is 54.2 Å². The summed E-state index contributed by atoms with van der Waals surface area (Å²) in [5, 5.41) is 0. The summed E-state index contributed by atoms with van der Waals surface area (Å²) in [6, 6.07) is 12.9. The third-order valence-electron chi connectivity index (χ3n) is 3.70. The van der Waals surface area contributed by atoms with Crippen LogP contribution in [-0.2, 0) is 13.0 Å². The average Bonchev–Trinajstić information content (AvgIpc) is 2.46. The minimum absolute atomic E-state index is 0.573. The molecule has 2 aromatic rings. The lowest BCUT2D eigenvalue weighted by atomic mass is 9.94. The summed E-state index contributed by atoms with van der Waals surface area (Å²) in [7, 11) is 0. The number of nitrogens with two attached hydrogens (primary N) is 1. The van der Waals surface area contributed by atoms with Crippen molar-refractivity contribution in [3.63, 3.8) is 0 Å². The summed E-state index contributed by atoms with van der Waals surface area (Å²) in [6.45, 7) is 3.53. The maximum absolute atomic E-state index is 5.85. The molecule has 3 rings (SSSR count). The van der Waals surface area contributed by atoms with Crippen LogP contribution in [0.4, 0.5) is 0 Å². The number of hydrogen-bond acceptors (Lipinski definition) is 2. The molecule has 1 heterocycles. The van der Waals surface area contributed by atoms with Gasteiger partial charge in [0.25, 0.3) is 0 Å². The van der Waals surface area contributed by atoms with Crippen LogP contribution in [0.15, 0.2) is 36.4 Å². The summed E-state index contributed by atoms with van der Waals surface area (Å²) >= 11 is 0. The molecule has 1 aliphatic heterocycles. The van der Waals surface area contributed by atoms with E-state index in [1.54, 1.807) is 0 Å². The van der Waals surface area contributed by atoms with Crippen LogP contribution in [-0.4, -0.2) is 6.61 Å². The Morgan fingerprint density at radius 2 is 2.05 bits per heavy atom. The molecule has 2 aromatic carbocycles. The molecule has 0 fully saturated rings. The molecule has 2 N–H and O–H groups in total. The highest BCUT2D eigenvalue weighted by molar-refractivity contribution is 5.70. The van der Waals surface area contributed by atoms with Crippen molar-refractivity contribution in [3.05, 3.63) is 53.1 Å². The average molecular weight is 253 g/mol. The van der Waals surface area contributed by atoms with Gasteiger partial charge in [0.05, 0.1) is 6.61 Å². The largest absolute Gasteiger partial charge is 0.493 e. The van der Waals surface area contributed by atoms with E-state index in [0.717, 1.165) is 25.2 Å². The zero-order valence-electron chi connectivity index (χ0n) is 11.3. The Hall–Kier alpha value is -1.80. The fraction of sp³-hybridized carbons (Fsp3) is 0.294. The van der Waals surface area contributed by atoms with Crippen molar-refractivity contribution in [1.29, 1.82) is 0 Å². The molecule has 0 amide bonds. The van der Waals surface area contributed by atoms with Gasteiger partial charge in [0, 0.05) is 6.54 Å². The van der Waals surface area contributed by atoms with Crippen LogP contribution in [0.5, 0.6) is 5.75 Å². The second-order valence-corrected chi connectivity index (χ2v) is 5.14. The molecule has 98 valence electrons. The van der Waals surface area contributed by atoms with Crippen molar-refractivity contribution in [1.82, 2.24) is 0 Å². The standard InChI is InChI=1S/C17H19NO/c1-12-4-5-15(11-18)16(9-12)13-6-7-17-14(10-13)3-2-8-19-17/h4-7,9-10H,2-3,8,11,18H2,1H3. The Balaban J connectivity index is 2.09. The number of aryl methyl sites for hydroxylation is 2. The fourth-order valence-corrected chi connectivity index (χ4v) is 2.66. The van der Waals surface area contributed by atoms with Gasteiger partial charge in [-0.2, -0.15) is 0 Å². The van der Waals surface area contributed by atoms with Crippen LogP contribution in [0.1, 0.15) is 23.1 Å². The van der Waals surface area contributed by atoms with Gasteiger partial charge in [0.15, 0.2) is 0 Å². The van der Waals surface area contributed by atoms with Crippen molar-refractivity contribution >= 4 is 0 Å². The molecule has 0 radical (unpaired) electrons. The first kappa shape index (κ1) is 12.2. The lowest BCUT2D eigenvalue weighted by Crippen LogP contribution is -2.08. The molecule has 0 saturated heterocycles. The maximum Gasteiger partial charge on any atom is 0.122 e. The highest BCUT2D eigenvalue weighted by Gasteiger charge is 2.12. The van der Waals surface area contributed by atoms with E-state index in [9.17, 15) is 0 Å². The predicted molar refractivity (Wildman–Crippen MR) is 78.3 cm³/mol. The number of ether oxygens (including phenoxy) is 1. The minimum atomic E-state index is 0.573. The van der Waals surface area contributed by atoms with Crippen LogP contribution in [0, 0.1) is 6.92 Å².